The van der Waals surface area contributed by atoms with Gasteiger partial charge in [0.2, 0.25) is 0 Å². The standard InChI is InChI=1S/C19H28N2O/c1-18(2,3)16(22)15-11-13-12-9-7-8-10-14(12)20-17(13)21(15)19(4,5)6/h7-10,13,15,17,20H,11H2,1-6H3. The van der Waals surface area contributed by atoms with Crippen LogP contribution in [0.2, 0.25) is 0 Å². The van der Waals surface area contributed by atoms with Gasteiger partial charge < -0.3 is 5.32 Å². The van der Waals surface area contributed by atoms with Crippen molar-refractivity contribution >= 4 is 11.5 Å². The van der Waals surface area contributed by atoms with Gasteiger partial charge in [0.25, 0.3) is 0 Å². The largest absolute Gasteiger partial charge is 0.369 e. The Morgan fingerprint density at radius 1 is 1.14 bits per heavy atom. The maximum atomic E-state index is 13.0. The molecular weight excluding hydrogens is 272 g/mol. The van der Waals surface area contributed by atoms with Gasteiger partial charge in [-0.05, 0) is 38.8 Å². The van der Waals surface area contributed by atoms with Gasteiger partial charge >= 0.3 is 0 Å². The summed E-state index contributed by atoms with van der Waals surface area (Å²) in [6.45, 7) is 12.7. The van der Waals surface area contributed by atoms with Crippen LogP contribution in [0.15, 0.2) is 24.3 Å². The number of carbonyl (C=O) groups excluding carboxylic acids is 1. The first kappa shape index (κ1) is 15.5. The highest BCUT2D eigenvalue weighted by molar-refractivity contribution is 5.89. The van der Waals surface area contributed by atoms with Crippen molar-refractivity contribution < 1.29 is 4.79 Å². The maximum Gasteiger partial charge on any atom is 0.155 e. The van der Waals surface area contributed by atoms with Crippen LogP contribution >= 0.6 is 0 Å². The molecule has 3 rings (SSSR count). The zero-order valence-electron chi connectivity index (χ0n) is 14.6. The van der Waals surface area contributed by atoms with Crippen molar-refractivity contribution in [1.82, 2.24) is 4.90 Å². The maximum absolute atomic E-state index is 13.0. The number of benzene rings is 1. The Labute approximate surface area is 134 Å². The van der Waals surface area contributed by atoms with E-state index in [1.807, 2.05) is 20.8 Å². The van der Waals surface area contributed by atoms with Gasteiger partial charge in [-0.3, -0.25) is 9.69 Å². The van der Waals surface area contributed by atoms with E-state index in [9.17, 15) is 4.79 Å². The molecule has 3 heteroatoms. The summed E-state index contributed by atoms with van der Waals surface area (Å²) in [5, 5.41) is 3.66. The number of hydrogen-bond acceptors (Lipinski definition) is 3. The lowest BCUT2D eigenvalue weighted by molar-refractivity contribution is -0.133. The van der Waals surface area contributed by atoms with Crippen LogP contribution in [0.25, 0.3) is 0 Å². The first-order valence-electron chi connectivity index (χ1n) is 8.29. The molecular formula is C19H28N2O. The lowest BCUT2D eigenvalue weighted by atomic mass is 9.83. The molecule has 0 aromatic heterocycles. The van der Waals surface area contributed by atoms with E-state index in [1.165, 1.54) is 11.3 Å². The summed E-state index contributed by atoms with van der Waals surface area (Å²) in [4.78, 5) is 15.4. The first-order valence-corrected chi connectivity index (χ1v) is 8.29. The van der Waals surface area contributed by atoms with Crippen molar-refractivity contribution in [1.29, 1.82) is 0 Å². The van der Waals surface area contributed by atoms with Crippen LogP contribution in [0.4, 0.5) is 5.69 Å². The number of fused-ring (bicyclic) bond motifs is 3. The van der Waals surface area contributed by atoms with E-state index in [4.69, 9.17) is 0 Å². The van der Waals surface area contributed by atoms with E-state index in [-0.39, 0.29) is 23.2 Å². The average molecular weight is 300 g/mol. The predicted molar refractivity (Wildman–Crippen MR) is 91.1 cm³/mol. The van der Waals surface area contributed by atoms with Crippen LogP contribution in [-0.4, -0.2) is 28.4 Å². The molecule has 1 saturated heterocycles. The van der Waals surface area contributed by atoms with Crippen LogP contribution in [0.5, 0.6) is 0 Å². The Bertz CT molecular complexity index is 594. The van der Waals surface area contributed by atoms with Gasteiger partial charge in [-0.25, -0.2) is 0 Å². The molecule has 0 aliphatic carbocycles. The molecule has 1 N–H and O–H groups in total. The van der Waals surface area contributed by atoms with E-state index in [1.54, 1.807) is 0 Å². The van der Waals surface area contributed by atoms with Gasteiger partial charge in [0.05, 0.1) is 12.2 Å². The van der Waals surface area contributed by atoms with Crippen molar-refractivity contribution in [3.8, 4) is 0 Å². The molecule has 3 nitrogen and oxygen atoms in total. The number of hydrogen-bond donors (Lipinski definition) is 1. The highest BCUT2D eigenvalue weighted by Gasteiger charge is 2.53. The molecule has 2 aliphatic rings. The van der Waals surface area contributed by atoms with Gasteiger partial charge in [0, 0.05) is 22.6 Å². The van der Waals surface area contributed by atoms with Crippen molar-refractivity contribution in [2.45, 2.75) is 71.6 Å². The van der Waals surface area contributed by atoms with Crippen LogP contribution in [0, 0.1) is 5.41 Å². The summed E-state index contributed by atoms with van der Waals surface area (Å²) >= 11 is 0. The summed E-state index contributed by atoms with van der Waals surface area (Å²) in [5.74, 6) is 0.767. The van der Waals surface area contributed by atoms with Crippen molar-refractivity contribution in [3.63, 3.8) is 0 Å². The number of nitrogens with zero attached hydrogens (tertiary/aromatic N) is 1. The van der Waals surface area contributed by atoms with Crippen LogP contribution < -0.4 is 5.32 Å². The predicted octanol–water partition coefficient (Wildman–Crippen LogP) is 4.01. The Balaban J connectivity index is 2.00. The van der Waals surface area contributed by atoms with E-state index in [2.05, 4.69) is 55.3 Å². The second kappa shape index (κ2) is 4.82. The third-order valence-corrected chi connectivity index (χ3v) is 4.97. The summed E-state index contributed by atoms with van der Waals surface area (Å²) in [6, 6.07) is 8.53. The third kappa shape index (κ3) is 2.36. The van der Waals surface area contributed by atoms with Gasteiger partial charge in [0.15, 0.2) is 5.78 Å². The first-order chi connectivity index (χ1) is 10.1. The quantitative estimate of drug-likeness (QED) is 0.850. The van der Waals surface area contributed by atoms with Gasteiger partial charge in [0.1, 0.15) is 0 Å². The molecule has 3 atom stereocenters. The van der Waals surface area contributed by atoms with Crippen LogP contribution in [0.1, 0.15) is 59.4 Å². The fourth-order valence-corrected chi connectivity index (χ4v) is 4.07. The number of carbonyl (C=O) groups is 1. The topological polar surface area (TPSA) is 32.3 Å². The molecule has 0 amide bonds. The molecule has 1 fully saturated rings. The second-order valence-electron chi connectivity index (χ2n) is 8.73. The Kier molecular flexibility index (Phi) is 3.41. The summed E-state index contributed by atoms with van der Waals surface area (Å²) in [5.41, 5.74) is 2.26. The molecule has 22 heavy (non-hydrogen) atoms. The minimum atomic E-state index is -0.299. The van der Waals surface area contributed by atoms with E-state index in [0.717, 1.165) is 6.42 Å². The molecule has 2 heterocycles. The molecule has 0 radical (unpaired) electrons. The molecule has 1 aromatic carbocycles. The highest BCUT2D eigenvalue weighted by atomic mass is 16.1. The highest BCUT2D eigenvalue weighted by Crippen LogP contribution is 2.49. The Morgan fingerprint density at radius 2 is 1.77 bits per heavy atom. The minimum absolute atomic E-state index is 0.00384. The van der Waals surface area contributed by atoms with Crippen LogP contribution in [-0.2, 0) is 4.79 Å². The smallest absolute Gasteiger partial charge is 0.155 e. The SMILES string of the molecule is CC(C)(C)C(=O)C1CC2c3ccccc3NC2N1C(C)(C)C. The Morgan fingerprint density at radius 3 is 2.36 bits per heavy atom. The summed E-state index contributed by atoms with van der Waals surface area (Å²) < 4.78 is 0. The third-order valence-electron chi connectivity index (χ3n) is 4.97. The number of rotatable bonds is 1. The fourth-order valence-electron chi connectivity index (χ4n) is 4.07. The molecule has 120 valence electrons. The van der Waals surface area contributed by atoms with Crippen molar-refractivity contribution in [2.75, 3.05) is 5.32 Å². The van der Waals surface area contributed by atoms with Crippen molar-refractivity contribution in [3.05, 3.63) is 29.8 Å². The van der Waals surface area contributed by atoms with Gasteiger partial charge in [-0.1, -0.05) is 39.0 Å². The molecule has 2 aliphatic heterocycles. The minimum Gasteiger partial charge on any atom is -0.369 e. The zero-order valence-corrected chi connectivity index (χ0v) is 14.6. The van der Waals surface area contributed by atoms with E-state index >= 15 is 0 Å². The Hall–Kier alpha value is -1.35. The monoisotopic (exact) mass is 300 g/mol. The lowest BCUT2D eigenvalue weighted by Gasteiger charge is -2.42. The molecule has 3 unspecified atom stereocenters. The molecule has 0 saturated carbocycles. The van der Waals surface area contributed by atoms with Gasteiger partial charge in [-0.15, -0.1) is 0 Å². The summed E-state index contributed by atoms with van der Waals surface area (Å²) in [7, 11) is 0. The van der Waals surface area contributed by atoms with E-state index < -0.39 is 0 Å². The zero-order chi connectivity index (χ0) is 16.3. The summed E-state index contributed by atoms with van der Waals surface area (Å²) in [6.07, 6.45) is 1.15. The van der Waals surface area contributed by atoms with Crippen LogP contribution in [0.3, 0.4) is 0 Å². The molecule has 1 aromatic rings. The number of likely N-dealkylation sites (tertiary alicyclic amines) is 1. The van der Waals surface area contributed by atoms with E-state index in [0.29, 0.717) is 11.7 Å². The number of ketones is 1. The fraction of sp³-hybridized carbons (Fsp3) is 0.632. The lowest BCUT2D eigenvalue weighted by Crippen LogP contribution is -2.55. The molecule has 0 bridgehead atoms. The normalized spacial score (nSPS) is 28.2. The number of para-hydroxylation sites is 1. The number of nitrogens with one attached hydrogen (secondary N) is 1. The molecule has 0 spiro atoms. The number of anilines is 1. The second-order valence-corrected chi connectivity index (χ2v) is 8.73. The van der Waals surface area contributed by atoms with Crippen molar-refractivity contribution in [2.24, 2.45) is 5.41 Å². The average Bonchev–Trinajstić information content (AvgIpc) is 2.90. The number of Topliss-reactive ketones (excluding diaryl/α,β-unsaturated/α-hetero) is 1. The van der Waals surface area contributed by atoms with Gasteiger partial charge in [-0.2, -0.15) is 0 Å².